The van der Waals surface area contributed by atoms with Gasteiger partial charge in [0.15, 0.2) is 26.8 Å². The predicted molar refractivity (Wildman–Crippen MR) is 397 cm³/mol. The lowest BCUT2D eigenvalue weighted by atomic mass is 10.0. The van der Waals surface area contributed by atoms with Crippen LogP contribution in [0.15, 0.2) is 210 Å². The number of β-amino-alcohol motifs (C(OH)–C–C–N with tert-alkyl or cyclic N) is 3. The van der Waals surface area contributed by atoms with Gasteiger partial charge < -0.3 is 67.8 Å². The number of likely N-dealkylation sites (N-methyl/N-ethyl adjacent to an activating group) is 1. The third-order valence-electron chi connectivity index (χ3n) is 18.4. The quantitative estimate of drug-likeness (QED) is 0.0475. The summed E-state index contributed by atoms with van der Waals surface area (Å²) >= 11 is 0. The molecule has 6 aromatic carbocycles. The van der Waals surface area contributed by atoms with Gasteiger partial charge in [-0.2, -0.15) is 5.26 Å². The van der Waals surface area contributed by atoms with Crippen molar-refractivity contribution in [2.75, 3.05) is 117 Å². The third-order valence-corrected chi connectivity index (χ3v) is 20.0. The number of carbonyl (C=O) groups excluding carboxylic acids is 1. The second kappa shape index (κ2) is 32.9. The van der Waals surface area contributed by atoms with E-state index in [0.29, 0.717) is 126 Å². The van der Waals surface area contributed by atoms with Gasteiger partial charge in [-0.15, -0.1) is 0 Å². The molecule has 0 aliphatic carbocycles. The summed E-state index contributed by atoms with van der Waals surface area (Å²) in [6.07, 6.45) is 7.74. The Morgan fingerprint density at radius 2 is 0.886 bits per heavy atom. The highest BCUT2D eigenvalue weighted by Gasteiger charge is 2.27. The van der Waals surface area contributed by atoms with Crippen LogP contribution in [-0.4, -0.2) is 228 Å². The highest BCUT2D eigenvalue weighted by molar-refractivity contribution is 7.91. The van der Waals surface area contributed by atoms with Gasteiger partial charge in [0.1, 0.15) is 61.5 Å². The molecule has 105 heavy (non-hydrogen) atoms. The molecule has 12 aromatic rings. The van der Waals surface area contributed by atoms with Crippen molar-refractivity contribution in [1.82, 2.24) is 63.2 Å². The number of H-pyrrole nitrogens is 3. The number of nitrogens with zero attached hydrogens (tertiary/aromatic N) is 11. The van der Waals surface area contributed by atoms with Crippen LogP contribution >= 0.6 is 0 Å². The maximum absolute atomic E-state index is 12.7. The monoisotopic (exact) mass is 1440 g/mol. The van der Waals surface area contributed by atoms with E-state index < -0.39 is 28.1 Å². The number of aromatic nitrogens is 9. The Bertz CT molecular complexity index is 5320. The Morgan fingerprint density at radius 3 is 1.30 bits per heavy atom. The summed E-state index contributed by atoms with van der Waals surface area (Å²) in [6.45, 7) is 6.96. The topological polar surface area (TPSA) is 338 Å². The number of rotatable bonds is 21. The normalized spacial score (nSPS) is 15.8. The number of piperazine rings is 1. The molecule has 3 atom stereocenters. The number of hydrogen-bond donors (Lipinski definition) is 6. The van der Waals surface area contributed by atoms with E-state index in [-0.39, 0.29) is 53.9 Å². The Labute approximate surface area is 602 Å². The van der Waals surface area contributed by atoms with Gasteiger partial charge in [0.05, 0.1) is 72.0 Å². The molecule has 28 heteroatoms. The van der Waals surface area contributed by atoms with Gasteiger partial charge in [-0.05, 0) is 89.5 Å². The number of benzene rings is 6. The molecule has 0 radical (unpaired) electrons. The number of hydrogen-bond acceptors (Lipinski definition) is 20. The van der Waals surface area contributed by atoms with E-state index in [2.05, 4.69) is 40.9 Å². The first-order valence-electron chi connectivity index (χ1n) is 34.3. The van der Waals surface area contributed by atoms with Crippen LogP contribution in [0.2, 0.25) is 0 Å². The van der Waals surface area contributed by atoms with Crippen LogP contribution in [0.25, 0.3) is 83.5 Å². The molecule has 15 rings (SSSR count). The van der Waals surface area contributed by atoms with Crippen molar-refractivity contribution in [3.63, 3.8) is 0 Å². The number of ether oxygens (including phenoxy) is 4. The van der Waals surface area contributed by atoms with Crippen molar-refractivity contribution in [2.45, 2.75) is 18.3 Å². The number of carbonyl (C=O) groups is 1. The zero-order chi connectivity index (χ0) is 73.0. The minimum absolute atomic E-state index is 0.0580. The van der Waals surface area contributed by atoms with E-state index in [1.54, 1.807) is 42.3 Å². The molecule has 3 saturated heterocycles. The second-order valence-electron chi connectivity index (χ2n) is 25.7. The molecule has 0 spiro atoms. The zero-order valence-electron chi connectivity index (χ0n) is 57.5. The summed E-state index contributed by atoms with van der Waals surface area (Å²) < 4.78 is 51.4. The molecule has 6 aromatic heterocycles. The molecule has 27 nitrogen and oxygen atoms in total. The molecular weight excluding hydrogens is 1360 g/mol. The molecule has 3 unspecified atom stereocenters. The fourth-order valence-corrected chi connectivity index (χ4v) is 14.2. The lowest BCUT2D eigenvalue weighted by molar-refractivity contribution is -0.135. The lowest BCUT2D eigenvalue weighted by Crippen LogP contribution is -2.51. The van der Waals surface area contributed by atoms with E-state index >= 15 is 0 Å². The minimum Gasteiger partial charge on any atom is -0.491 e. The van der Waals surface area contributed by atoms with Crippen LogP contribution in [0.5, 0.6) is 17.2 Å². The first-order valence-corrected chi connectivity index (χ1v) is 36.1. The van der Waals surface area contributed by atoms with E-state index in [1.807, 2.05) is 169 Å². The zero-order valence-corrected chi connectivity index (χ0v) is 58.3. The van der Waals surface area contributed by atoms with E-state index in [9.17, 15) is 48.2 Å². The van der Waals surface area contributed by atoms with Crippen molar-refractivity contribution in [1.29, 1.82) is 5.26 Å². The summed E-state index contributed by atoms with van der Waals surface area (Å²) in [5, 5.41) is 42.3. The Morgan fingerprint density at radius 1 is 0.495 bits per heavy atom. The number of morpholine rings is 1. The van der Waals surface area contributed by atoms with Crippen LogP contribution in [0.4, 0.5) is 0 Å². The molecule has 1 amide bonds. The second-order valence-corrected chi connectivity index (χ2v) is 28.0. The Kier molecular flexibility index (Phi) is 22.6. The van der Waals surface area contributed by atoms with Gasteiger partial charge in [0.2, 0.25) is 5.91 Å². The summed E-state index contributed by atoms with van der Waals surface area (Å²) in [6, 6.07) is 51.2. The van der Waals surface area contributed by atoms with Gasteiger partial charge in [-0.25, -0.2) is 23.4 Å². The SMILES string of the molecule is CN1CCN(CC(O)COc2ccc(-c3cn(-c4ccccc4)c4nc[nH]c(=O)c34)cc2)CC1=O.N#Cc1cc(-c2cn(-c3ccccc3)c3nc[nH]c(=O)c23)ccc1OCC(O)CN1CCOCC1.O=c1[nH]cnc2c1c(-c1ccc(OCC(O)CN3CCS(=O)(=O)CC3)cc1)cn2-c1ccccc1. The molecule has 0 saturated carbocycles. The van der Waals surface area contributed by atoms with Gasteiger partial charge in [-0.1, -0.05) is 84.9 Å². The molecule has 3 aliphatic rings. The maximum Gasteiger partial charge on any atom is 0.260 e. The number of amides is 1. The Hall–Kier alpha value is -11.4. The molecule has 3 fully saturated rings. The van der Waals surface area contributed by atoms with Gasteiger partial charge in [-0.3, -0.25) is 33.9 Å². The number of nitriles is 1. The lowest BCUT2D eigenvalue weighted by Gasteiger charge is -2.32. The average Bonchev–Trinajstić information content (AvgIpc) is 1.64. The summed E-state index contributed by atoms with van der Waals surface area (Å²) in [4.78, 5) is 78.8. The largest absolute Gasteiger partial charge is 0.491 e. The fourth-order valence-electron chi connectivity index (χ4n) is 12.9. The van der Waals surface area contributed by atoms with Gasteiger partial charge >= 0.3 is 0 Å². The number of sulfone groups is 1. The van der Waals surface area contributed by atoms with Crippen molar-refractivity contribution in [3.05, 3.63) is 232 Å². The number of fused-ring (bicyclic) bond motifs is 3. The van der Waals surface area contributed by atoms with Gasteiger partial charge in [0.25, 0.3) is 16.7 Å². The summed E-state index contributed by atoms with van der Waals surface area (Å²) in [7, 11) is -1.16. The fraction of sp³-hybridized carbons (Fsp3) is 0.273. The standard InChI is InChI=1S/C26H27N5O4.C26H25N5O4.C25H26N4O5S/c1-29-11-12-30(15-23(29)33)13-20(32)16-35-21-9-7-18(8-10-21)22-14-31(19-5-3-2-4-6-19)25-24(22)26(34)28-17-27-25;27-13-19-12-18(6-7-23(19)35-16-21(32)14-30-8-10-34-11-9-30)22-15-31(20-4-2-1-3-5-20)25-24(22)26(33)29-17-28-25;30-20(14-28-10-12-35(32,33)13-11-28)16-34-21-8-6-18(7-9-21)22-15-29(19-4-2-1-3-5-19)24-23(22)25(31)27-17-26-24/h2-10,14,17,20,32H,11-13,15-16H2,1H3,(H,27,28,34);1-7,12,15,17,21,32H,8-11,14,16H2,(H,28,29,33);1-9,15,17,20,30H,10-14,16H2,(H,26,27,31). The maximum atomic E-state index is 12.7. The molecule has 6 N–H and O–H groups in total. The van der Waals surface area contributed by atoms with Crippen LogP contribution < -0.4 is 30.9 Å². The van der Waals surface area contributed by atoms with Crippen molar-refractivity contribution >= 4 is 48.8 Å². The average molecular weight is 1440 g/mol. The summed E-state index contributed by atoms with van der Waals surface area (Å²) in [5.74, 6) is 1.90. The first kappa shape index (κ1) is 72.0. The molecular formula is C77H78N14O13S. The first-order chi connectivity index (χ1) is 51.0. The number of aliphatic hydroxyl groups excluding tert-OH is 3. The Balaban J connectivity index is 0.000000140. The molecule has 0 bridgehead atoms. The third kappa shape index (κ3) is 17.3. The van der Waals surface area contributed by atoms with Crippen LogP contribution in [-0.2, 0) is 19.4 Å². The highest BCUT2D eigenvalue weighted by Crippen LogP contribution is 2.35. The van der Waals surface area contributed by atoms with Gasteiger partial charge in [0, 0.05) is 118 Å². The molecule has 540 valence electrons. The van der Waals surface area contributed by atoms with Crippen LogP contribution in [0.1, 0.15) is 5.56 Å². The number of aromatic amines is 3. The van der Waals surface area contributed by atoms with E-state index in [0.717, 1.165) is 59.0 Å². The minimum atomic E-state index is -2.95. The van der Waals surface area contributed by atoms with E-state index in [4.69, 9.17) is 18.9 Å². The smallest absolute Gasteiger partial charge is 0.260 e. The highest BCUT2D eigenvalue weighted by atomic mass is 32.2. The van der Waals surface area contributed by atoms with Crippen molar-refractivity contribution < 1.29 is 47.5 Å². The molecule has 9 heterocycles. The number of nitrogens with one attached hydrogen (secondary N) is 3. The number of para-hydroxylation sites is 3. The molecule has 3 aliphatic heterocycles. The van der Waals surface area contributed by atoms with Crippen molar-refractivity contribution in [2.24, 2.45) is 0 Å². The predicted octanol–water partition coefficient (Wildman–Crippen LogP) is 6.07. The van der Waals surface area contributed by atoms with Crippen LogP contribution in [0, 0.1) is 11.3 Å². The van der Waals surface area contributed by atoms with Crippen LogP contribution in [0.3, 0.4) is 0 Å². The van der Waals surface area contributed by atoms with Crippen molar-refractivity contribution in [3.8, 4) is 73.8 Å². The van der Waals surface area contributed by atoms with E-state index in [1.165, 1.54) is 19.0 Å². The summed E-state index contributed by atoms with van der Waals surface area (Å²) in [5.41, 5.74) is 8.59. The number of aliphatic hydroxyl groups is 3.